The Hall–Kier alpha value is -1.78. The molecule has 0 saturated carbocycles. The number of pyridine rings is 1. The number of nitrogens with one attached hydrogen (secondary N) is 1. The molecular weight excluding hydrogens is 430 g/mol. The molecule has 162 valence electrons. The lowest BCUT2D eigenvalue weighted by Gasteiger charge is -2.22. The van der Waals surface area contributed by atoms with Crippen molar-refractivity contribution >= 4 is 38.3 Å². The van der Waals surface area contributed by atoms with E-state index in [1.807, 2.05) is 0 Å². The Balaban J connectivity index is 1.40. The Morgan fingerprint density at radius 1 is 1.27 bits per heavy atom. The third kappa shape index (κ3) is 4.60. The van der Waals surface area contributed by atoms with Crippen LogP contribution in [0.5, 0.6) is 0 Å². The normalized spacial score (nSPS) is 21.2. The molecule has 0 aliphatic carbocycles. The first-order valence-electron chi connectivity index (χ1n) is 9.96. The summed E-state index contributed by atoms with van der Waals surface area (Å²) in [4.78, 5) is 16.4. The van der Waals surface area contributed by atoms with Gasteiger partial charge in [-0.3, -0.25) is 9.78 Å². The van der Waals surface area contributed by atoms with Crippen LogP contribution in [0, 0.1) is 0 Å². The molecule has 10 heteroatoms. The summed E-state index contributed by atoms with van der Waals surface area (Å²) in [6.45, 7) is 1.81. The van der Waals surface area contributed by atoms with Crippen molar-refractivity contribution in [1.29, 1.82) is 0 Å². The van der Waals surface area contributed by atoms with Gasteiger partial charge in [-0.25, -0.2) is 8.42 Å². The van der Waals surface area contributed by atoms with Crippen LogP contribution in [0.2, 0.25) is 5.02 Å². The summed E-state index contributed by atoms with van der Waals surface area (Å²) in [5, 5.41) is 4.30. The van der Waals surface area contributed by atoms with Gasteiger partial charge in [-0.1, -0.05) is 23.7 Å². The van der Waals surface area contributed by atoms with Crippen LogP contribution >= 0.6 is 11.6 Å². The molecule has 1 N–H and O–H groups in total. The lowest BCUT2D eigenvalue weighted by molar-refractivity contribution is -0.130. The molecule has 0 radical (unpaired) electrons. The summed E-state index contributed by atoms with van der Waals surface area (Å²) in [6.07, 6.45) is 5.18. The molecule has 2 aliphatic rings. The number of benzene rings is 1. The molecule has 0 bridgehead atoms. The van der Waals surface area contributed by atoms with Gasteiger partial charge >= 0.3 is 0 Å². The molecule has 1 atom stereocenters. The summed E-state index contributed by atoms with van der Waals surface area (Å²) < 4.78 is 38.8. The lowest BCUT2D eigenvalue weighted by Crippen LogP contribution is -2.41. The maximum absolute atomic E-state index is 13.3. The number of carbonyl (C=O) groups is 1. The first kappa shape index (κ1) is 21.5. The van der Waals surface area contributed by atoms with E-state index in [0.717, 1.165) is 12.8 Å². The van der Waals surface area contributed by atoms with Crippen molar-refractivity contribution < 1.29 is 22.7 Å². The van der Waals surface area contributed by atoms with Gasteiger partial charge in [0.25, 0.3) is 0 Å². The van der Waals surface area contributed by atoms with E-state index in [1.165, 1.54) is 10.5 Å². The summed E-state index contributed by atoms with van der Waals surface area (Å²) in [5.41, 5.74) is 0. The molecule has 0 spiro atoms. The van der Waals surface area contributed by atoms with E-state index in [2.05, 4.69) is 10.3 Å². The standard InChI is InChI=1S/C20H24ClN3O5S/c21-17-11-22-10-14-2-1-3-18(20(14)17)30(26,27)24-7-4-15(12-24)23-19(25)13-29-16-5-8-28-9-6-16/h1-3,10-11,15-16H,4-9,12-13H2,(H,23,25). The molecule has 1 aromatic heterocycles. The van der Waals surface area contributed by atoms with Gasteiger partial charge in [-0.15, -0.1) is 0 Å². The van der Waals surface area contributed by atoms with Gasteiger partial charge in [-0.05, 0) is 25.3 Å². The molecule has 30 heavy (non-hydrogen) atoms. The predicted molar refractivity (Wildman–Crippen MR) is 112 cm³/mol. The number of carbonyl (C=O) groups excluding carboxylic acids is 1. The molecule has 1 unspecified atom stereocenters. The lowest BCUT2D eigenvalue weighted by atomic mass is 10.1. The summed E-state index contributed by atoms with van der Waals surface area (Å²) in [7, 11) is -3.76. The Labute approximate surface area is 180 Å². The number of halogens is 1. The second-order valence-corrected chi connectivity index (χ2v) is 9.83. The largest absolute Gasteiger partial charge is 0.381 e. The zero-order chi connectivity index (χ0) is 21.1. The van der Waals surface area contributed by atoms with E-state index >= 15 is 0 Å². The second kappa shape index (κ2) is 9.15. The SMILES string of the molecule is O=C(COC1CCOCC1)NC1CCN(S(=O)(=O)c2cccc3cncc(Cl)c23)C1. The summed E-state index contributed by atoms with van der Waals surface area (Å²) in [6, 6.07) is 4.75. The molecule has 8 nitrogen and oxygen atoms in total. The van der Waals surface area contributed by atoms with Crippen molar-refractivity contribution in [1.82, 2.24) is 14.6 Å². The average molecular weight is 454 g/mol. The average Bonchev–Trinajstić information content (AvgIpc) is 3.22. The van der Waals surface area contributed by atoms with Crippen LogP contribution < -0.4 is 5.32 Å². The van der Waals surface area contributed by atoms with E-state index < -0.39 is 10.0 Å². The van der Waals surface area contributed by atoms with Crippen molar-refractivity contribution in [2.45, 2.75) is 36.3 Å². The third-order valence-corrected chi connectivity index (χ3v) is 7.65. The van der Waals surface area contributed by atoms with Crippen molar-refractivity contribution in [3.8, 4) is 0 Å². The van der Waals surface area contributed by atoms with Crippen LogP contribution in [-0.4, -0.2) is 68.7 Å². The Bertz CT molecular complexity index is 1020. The number of nitrogens with zero attached hydrogens (tertiary/aromatic N) is 2. The molecule has 2 saturated heterocycles. The first-order chi connectivity index (χ1) is 14.4. The predicted octanol–water partition coefficient (Wildman–Crippen LogP) is 1.96. The van der Waals surface area contributed by atoms with E-state index in [-0.39, 0.29) is 36.1 Å². The van der Waals surface area contributed by atoms with Crippen LogP contribution in [0.3, 0.4) is 0 Å². The van der Waals surface area contributed by atoms with E-state index in [4.69, 9.17) is 21.1 Å². The van der Waals surface area contributed by atoms with Crippen LogP contribution in [-0.2, 0) is 24.3 Å². The van der Waals surface area contributed by atoms with E-state index in [0.29, 0.717) is 42.0 Å². The van der Waals surface area contributed by atoms with Gasteiger partial charge in [0, 0.05) is 55.5 Å². The highest BCUT2D eigenvalue weighted by molar-refractivity contribution is 7.89. The van der Waals surface area contributed by atoms with Gasteiger partial charge < -0.3 is 14.8 Å². The second-order valence-electron chi connectivity index (χ2n) is 7.51. The van der Waals surface area contributed by atoms with Crippen LogP contribution in [0.1, 0.15) is 19.3 Å². The quantitative estimate of drug-likeness (QED) is 0.718. The van der Waals surface area contributed by atoms with Crippen molar-refractivity contribution in [3.05, 3.63) is 35.6 Å². The molecule has 2 fully saturated rings. The van der Waals surface area contributed by atoms with Gasteiger partial charge in [0.05, 0.1) is 16.0 Å². The number of rotatable bonds is 6. The number of aromatic nitrogens is 1. The van der Waals surface area contributed by atoms with Crippen molar-refractivity contribution in [2.24, 2.45) is 0 Å². The Kier molecular flexibility index (Phi) is 6.54. The van der Waals surface area contributed by atoms with Crippen molar-refractivity contribution in [2.75, 3.05) is 32.9 Å². The molecule has 1 amide bonds. The fraction of sp³-hybridized carbons (Fsp3) is 0.500. The molecular formula is C20H24ClN3O5S. The molecule has 2 aliphatic heterocycles. The highest BCUT2D eigenvalue weighted by Gasteiger charge is 2.34. The number of hydrogen-bond donors (Lipinski definition) is 1. The van der Waals surface area contributed by atoms with E-state index in [1.54, 1.807) is 24.4 Å². The fourth-order valence-corrected chi connectivity index (χ4v) is 5.94. The summed E-state index contributed by atoms with van der Waals surface area (Å²) in [5.74, 6) is -0.231. The summed E-state index contributed by atoms with van der Waals surface area (Å²) >= 11 is 6.25. The maximum Gasteiger partial charge on any atom is 0.246 e. The minimum atomic E-state index is -3.76. The van der Waals surface area contributed by atoms with Crippen LogP contribution in [0.25, 0.3) is 10.8 Å². The molecule has 4 rings (SSSR count). The van der Waals surface area contributed by atoms with Crippen LogP contribution in [0.4, 0.5) is 0 Å². The number of hydrogen-bond acceptors (Lipinski definition) is 6. The Morgan fingerprint density at radius 2 is 2.07 bits per heavy atom. The maximum atomic E-state index is 13.3. The van der Waals surface area contributed by atoms with Crippen LogP contribution in [0.15, 0.2) is 35.5 Å². The fourth-order valence-electron chi connectivity index (χ4n) is 3.88. The zero-order valence-corrected chi connectivity index (χ0v) is 18.0. The monoisotopic (exact) mass is 453 g/mol. The van der Waals surface area contributed by atoms with Gasteiger partial charge in [-0.2, -0.15) is 4.31 Å². The minimum Gasteiger partial charge on any atom is -0.381 e. The number of amides is 1. The first-order valence-corrected chi connectivity index (χ1v) is 11.8. The molecule has 2 aromatic rings. The van der Waals surface area contributed by atoms with Crippen molar-refractivity contribution in [3.63, 3.8) is 0 Å². The van der Waals surface area contributed by atoms with Gasteiger partial charge in [0.2, 0.25) is 15.9 Å². The van der Waals surface area contributed by atoms with Gasteiger partial charge in [0.15, 0.2) is 0 Å². The third-order valence-electron chi connectivity index (χ3n) is 5.45. The smallest absolute Gasteiger partial charge is 0.246 e. The number of ether oxygens (including phenoxy) is 2. The topological polar surface area (TPSA) is 97.8 Å². The van der Waals surface area contributed by atoms with Gasteiger partial charge in [0.1, 0.15) is 6.61 Å². The minimum absolute atomic E-state index is 0.0279. The number of fused-ring (bicyclic) bond motifs is 1. The zero-order valence-electron chi connectivity index (χ0n) is 16.4. The highest BCUT2D eigenvalue weighted by atomic mass is 35.5. The highest BCUT2D eigenvalue weighted by Crippen LogP contribution is 2.32. The molecule has 1 aromatic carbocycles. The number of sulfonamides is 1. The molecule has 3 heterocycles. The van der Waals surface area contributed by atoms with E-state index in [9.17, 15) is 13.2 Å². The Morgan fingerprint density at radius 3 is 2.87 bits per heavy atom.